The normalized spacial score (nSPS) is 11.7. The van der Waals surface area contributed by atoms with Crippen molar-refractivity contribution >= 4 is 5.84 Å². The van der Waals surface area contributed by atoms with Gasteiger partial charge in [0.15, 0.2) is 12.2 Å². The van der Waals surface area contributed by atoms with Crippen LogP contribution in [-0.4, -0.2) is 27.7 Å². The van der Waals surface area contributed by atoms with E-state index in [9.17, 15) is 0 Å². The fraction of sp³-hybridized carbons (Fsp3) is 0.250. The molecule has 2 aromatic rings. The smallest absolute Gasteiger partial charge is 0.227 e. The Morgan fingerprint density at radius 3 is 3.11 bits per heavy atom. The summed E-state index contributed by atoms with van der Waals surface area (Å²) in [5, 5.41) is 18.4. The zero-order valence-electron chi connectivity index (χ0n) is 10.3. The Bertz CT molecular complexity index is 539. The Morgan fingerprint density at radius 1 is 1.47 bits per heavy atom. The van der Waals surface area contributed by atoms with Crippen LogP contribution >= 0.6 is 0 Å². The van der Waals surface area contributed by atoms with Crippen molar-refractivity contribution in [1.82, 2.24) is 15.5 Å². The first-order valence-electron chi connectivity index (χ1n) is 5.82. The van der Waals surface area contributed by atoms with E-state index in [0.29, 0.717) is 24.4 Å². The molecule has 0 aliphatic heterocycles. The number of benzene rings is 1. The molecule has 0 aliphatic rings. The molecule has 2 rings (SSSR count). The highest BCUT2D eigenvalue weighted by molar-refractivity contribution is 5.97. The summed E-state index contributed by atoms with van der Waals surface area (Å²) in [5.41, 5.74) is 7.28. The zero-order chi connectivity index (χ0) is 13.5. The summed E-state index contributed by atoms with van der Waals surface area (Å²) in [6.45, 7) is 1.41. The summed E-state index contributed by atoms with van der Waals surface area (Å²) < 4.78 is 4.89. The Labute approximate surface area is 110 Å². The van der Waals surface area contributed by atoms with E-state index in [1.54, 1.807) is 6.07 Å². The number of hydrogen-bond acceptors (Lipinski definition) is 6. The Balaban J connectivity index is 1.82. The molecule has 0 aliphatic carbocycles. The van der Waals surface area contributed by atoms with Crippen LogP contribution in [0.5, 0.6) is 0 Å². The average Bonchev–Trinajstić information content (AvgIpc) is 2.96. The molecule has 1 aromatic carbocycles. The number of nitrogens with two attached hydrogens (primary N) is 1. The molecule has 0 bridgehead atoms. The molecule has 0 fully saturated rings. The molecule has 1 aromatic heterocycles. The maximum Gasteiger partial charge on any atom is 0.227 e. The molecule has 0 atom stereocenters. The fourth-order valence-corrected chi connectivity index (χ4v) is 1.63. The van der Waals surface area contributed by atoms with Crippen molar-refractivity contribution in [3.8, 4) is 0 Å². The topological polar surface area (TPSA) is 110 Å². The lowest BCUT2D eigenvalue weighted by molar-refractivity contribution is 0.318. The van der Waals surface area contributed by atoms with Gasteiger partial charge in [-0.1, -0.05) is 28.5 Å². The lowest BCUT2D eigenvalue weighted by atomic mass is 10.1. The van der Waals surface area contributed by atoms with Crippen LogP contribution < -0.4 is 11.1 Å². The second-order valence-electron chi connectivity index (χ2n) is 3.95. The van der Waals surface area contributed by atoms with Crippen LogP contribution in [0.25, 0.3) is 0 Å². The minimum atomic E-state index is 0.104. The quantitative estimate of drug-likeness (QED) is 0.229. The van der Waals surface area contributed by atoms with Gasteiger partial charge in [0.1, 0.15) is 0 Å². The minimum absolute atomic E-state index is 0.104. The standard InChI is InChI=1S/C12H15N5O2/c13-12(17-18)10-3-1-2-9(6-10)7-14-5-4-11-15-8-16-19-11/h1-3,6,8,14,18H,4-5,7H2,(H2,13,17). The molecule has 7 nitrogen and oxygen atoms in total. The van der Waals surface area contributed by atoms with Crippen molar-refractivity contribution in [3.05, 3.63) is 47.6 Å². The lowest BCUT2D eigenvalue weighted by Crippen LogP contribution is -2.18. The van der Waals surface area contributed by atoms with E-state index in [4.69, 9.17) is 15.5 Å². The van der Waals surface area contributed by atoms with E-state index in [1.165, 1.54) is 6.33 Å². The number of nitrogens with one attached hydrogen (secondary N) is 1. The first-order chi connectivity index (χ1) is 9.29. The third kappa shape index (κ3) is 3.78. The van der Waals surface area contributed by atoms with E-state index < -0.39 is 0 Å². The Hall–Kier alpha value is -2.41. The molecular formula is C12H15N5O2. The maximum absolute atomic E-state index is 8.62. The lowest BCUT2D eigenvalue weighted by Gasteiger charge is -2.05. The molecule has 100 valence electrons. The molecule has 0 saturated heterocycles. The van der Waals surface area contributed by atoms with Gasteiger partial charge in [-0.3, -0.25) is 0 Å². The van der Waals surface area contributed by atoms with Gasteiger partial charge in [-0.05, 0) is 11.6 Å². The predicted molar refractivity (Wildman–Crippen MR) is 68.7 cm³/mol. The number of rotatable bonds is 6. The van der Waals surface area contributed by atoms with Crippen LogP contribution in [0.2, 0.25) is 0 Å². The number of nitrogens with zero attached hydrogens (tertiary/aromatic N) is 3. The van der Waals surface area contributed by atoms with Gasteiger partial charge < -0.3 is 20.8 Å². The van der Waals surface area contributed by atoms with E-state index >= 15 is 0 Å². The molecule has 1 heterocycles. The molecule has 0 saturated carbocycles. The highest BCUT2D eigenvalue weighted by Crippen LogP contribution is 2.05. The van der Waals surface area contributed by atoms with Gasteiger partial charge in [0.2, 0.25) is 5.89 Å². The van der Waals surface area contributed by atoms with Crippen LogP contribution in [0.3, 0.4) is 0 Å². The van der Waals surface area contributed by atoms with Crippen molar-refractivity contribution in [2.75, 3.05) is 6.54 Å². The summed E-state index contributed by atoms with van der Waals surface area (Å²) in [4.78, 5) is 3.93. The first kappa shape index (κ1) is 13.0. The van der Waals surface area contributed by atoms with Gasteiger partial charge in [0.05, 0.1) is 0 Å². The van der Waals surface area contributed by atoms with Crippen molar-refractivity contribution in [2.24, 2.45) is 10.9 Å². The van der Waals surface area contributed by atoms with Crippen LogP contribution in [0.1, 0.15) is 17.0 Å². The molecule has 0 unspecified atom stereocenters. The molecule has 19 heavy (non-hydrogen) atoms. The van der Waals surface area contributed by atoms with Crippen LogP contribution in [0.4, 0.5) is 0 Å². The van der Waals surface area contributed by atoms with Crippen LogP contribution in [0.15, 0.2) is 40.3 Å². The van der Waals surface area contributed by atoms with Crippen molar-refractivity contribution in [1.29, 1.82) is 0 Å². The van der Waals surface area contributed by atoms with Crippen LogP contribution in [0, 0.1) is 0 Å². The van der Waals surface area contributed by atoms with E-state index in [0.717, 1.165) is 12.1 Å². The molecule has 7 heteroatoms. The molecular weight excluding hydrogens is 246 g/mol. The molecule has 0 spiro atoms. The SMILES string of the molecule is N/C(=N/O)c1cccc(CNCCc2ncno2)c1. The van der Waals surface area contributed by atoms with Gasteiger partial charge in [-0.2, -0.15) is 4.98 Å². The summed E-state index contributed by atoms with van der Waals surface area (Å²) in [7, 11) is 0. The second kappa shape index (κ2) is 6.50. The summed E-state index contributed by atoms with van der Waals surface area (Å²) >= 11 is 0. The summed E-state index contributed by atoms with van der Waals surface area (Å²) in [5.74, 6) is 0.714. The van der Waals surface area contributed by atoms with Crippen molar-refractivity contribution in [3.63, 3.8) is 0 Å². The third-order valence-electron chi connectivity index (χ3n) is 2.58. The zero-order valence-corrected chi connectivity index (χ0v) is 10.3. The second-order valence-corrected chi connectivity index (χ2v) is 3.95. The molecule has 4 N–H and O–H groups in total. The minimum Gasteiger partial charge on any atom is -0.409 e. The fourth-order valence-electron chi connectivity index (χ4n) is 1.63. The van der Waals surface area contributed by atoms with E-state index in [1.807, 2.05) is 18.2 Å². The van der Waals surface area contributed by atoms with E-state index in [2.05, 4.69) is 20.6 Å². The maximum atomic E-state index is 8.62. The highest BCUT2D eigenvalue weighted by Gasteiger charge is 2.01. The number of hydrogen-bond donors (Lipinski definition) is 3. The summed E-state index contributed by atoms with van der Waals surface area (Å²) in [6.07, 6.45) is 2.07. The van der Waals surface area contributed by atoms with Crippen molar-refractivity contribution in [2.45, 2.75) is 13.0 Å². The predicted octanol–water partition coefficient (Wildman–Crippen LogP) is 0.496. The van der Waals surface area contributed by atoms with Gasteiger partial charge in [-0.25, -0.2) is 0 Å². The summed E-state index contributed by atoms with van der Waals surface area (Å²) in [6, 6.07) is 7.49. The Morgan fingerprint density at radius 2 is 2.37 bits per heavy atom. The van der Waals surface area contributed by atoms with Gasteiger partial charge in [0, 0.05) is 25.1 Å². The van der Waals surface area contributed by atoms with Crippen molar-refractivity contribution < 1.29 is 9.73 Å². The molecule has 0 amide bonds. The highest BCUT2D eigenvalue weighted by atomic mass is 16.5. The number of oxime groups is 1. The Kier molecular flexibility index (Phi) is 4.46. The number of aromatic nitrogens is 2. The first-order valence-corrected chi connectivity index (χ1v) is 5.82. The number of amidine groups is 1. The monoisotopic (exact) mass is 261 g/mol. The average molecular weight is 261 g/mol. The largest absolute Gasteiger partial charge is 0.409 e. The van der Waals surface area contributed by atoms with Gasteiger partial charge in [-0.15, -0.1) is 0 Å². The van der Waals surface area contributed by atoms with Gasteiger partial charge in [0.25, 0.3) is 0 Å². The van der Waals surface area contributed by atoms with Gasteiger partial charge >= 0.3 is 0 Å². The van der Waals surface area contributed by atoms with Crippen LogP contribution in [-0.2, 0) is 13.0 Å². The van der Waals surface area contributed by atoms with E-state index in [-0.39, 0.29) is 5.84 Å². The molecule has 0 radical (unpaired) electrons. The third-order valence-corrected chi connectivity index (χ3v) is 2.58.